The van der Waals surface area contributed by atoms with Crippen molar-refractivity contribution in [2.75, 3.05) is 7.05 Å². The van der Waals surface area contributed by atoms with Crippen LogP contribution in [0.15, 0.2) is 30.3 Å². The SMILES string of the molecule is CCCCCCCCCCCCCCCCCC(=O)N(C)[C@@H](CC(=O)O)C(=O)N[C@@H](Cc1ccccc1)C(=O)O. The van der Waals surface area contributed by atoms with E-state index < -0.39 is 36.4 Å². The molecule has 2 amide bonds. The Hall–Kier alpha value is -2.90. The maximum Gasteiger partial charge on any atom is 0.326 e. The highest BCUT2D eigenvalue weighted by Crippen LogP contribution is 2.15. The number of aliphatic carboxylic acids is 2. The lowest BCUT2D eigenvalue weighted by Gasteiger charge is -2.27. The summed E-state index contributed by atoms with van der Waals surface area (Å²) >= 11 is 0. The minimum Gasteiger partial charge on any atom is -0.481 e. The minimum absolute atomic E-state index is 0.0541. The molecule has 0 aliphatic heterocycles. The number of unbranched alkanes of at least 4 members (excludes halogenated alkanes) is 14. The second kappa shape index (κ2) is 21.9. The van der Waals surface area contributed by atoms with E-state index in [9.17, 15) is 29.4 Å². The van der Waals surface area contributed by atoms with Gasteiger partial charge in [0.05, 0.1) is 6.42 Å². The highest BCUT2D eigenvalue weighted by atomic mass is 16.4. The van der Waals surface area contributed by atoms with Gasteiger partial charge in [-0.25, -0.2) is 4.79 Å². The molecule has 0 saturated heterocycles. The molecule has 8 nitrogen and oxygen atoms in total. The molecule has 0 radical (unpaired) electrons. The molecule has 0 aliphatic carbocycles. The third kappa shape index (κ3) is 16.3. The number of hydrogen-bond acceptors (Lipinski definition) is 4. The predicted octanol–water partition coefficient (Wildman–Crippen LogP) is 6.36. The average Bonchev–Trinajstić information content (AvgIpc) is 2.93. The molecule has 40 heavy (non-hydrogen) atoms. The number of nitrogens with one attached hydrogen (secondary N) is 1. The number of carboxylic acid groups (broad SMARTS) is 2. The molecular formula is C32H52N2O6. The number of carbonyl (C=O) groups excluding carboxylic acids is 2. The molecule has 0 aliphatic rings. The van der Waals surface area contributed by atoms with Crippen LogP contribution in [-0.2, 0) is 25.6 Å². The lowest BCUT2D eigenvalue weighted by Crippen LogP contribution is -2.53. The van der Waals surface area contributed by atoms with Gasteiger partial charge in [0, 0.05) is 19.9 Å². The highest BCUT2D eigenvalue weighted by Gasteiger charge is 2.32. The molecule has 1 aromatic carbocycles. The second-order valence-electron chi connectivity index (χ2n) is 10.9. The Morgan fingerprint density at radius 3 is 1.68 bits per heavy atom. The molecule has 1 rings (SSSR count). The molecule has 1 aromatic rings. The summed E-state index contributed by atoms with van der Waals surface area (Å²) in [5, 5.41) is 21.3. The van der Waals surface area contributed by atoms with Gasteiger partial charge in [0.25, 0.3) is 0 Å². The summed E-state index contributed by atoms with van der Waals surface area (Å²) in [5.41, 5.74) is 0.725. The number of amides is 2. The van der Waals surface area contributed by atoms with E-state index in [4.69, 9.17) is 0 Å². The first kappa shape index (κ1) is 35.1. The van der Waals surface area contributed by atoms with E-state index in [1.807, 2.05) is 0 Å². The van der Waals surface area contributed by atoms with Gasteiger partial charge >= 0.3 is 11.9 Å². The van der Waals surface area contributed by atoms with Gasteiger partial charge in [0.1, 0.15) is 12.1 Å². The molecule has 8 heteroatoms. The van der Waals surface area contributed by atoms with Crippen molar-refractivity contribution >= 4 is 23.8 Å². The lowest BCUT2D eigenvalue weighted by molar-refractivity contribution is -0.147. The van der Waals surface area contributed by atoms with E-state index >= 15 is 0 Å². The Labute approximate surface area is 240 Å². The topological polar surface area (TPSA) is 124 Å². The first-order valence-electron chi connectivity index (χ1n) is 15.3. The summed E-state index contributed by atoms with van der Waals surface area (Å²) < 4.78 is 0. The minimum atomic E-state index is -1.28. The van der Waals surface area contributed by atoms with Crippen LogP contribution in [0.25, 0.3) is 0 Å². The van der Waals surface area contributed by atoms with Gasteiger partial charge in [0.15, 0.2) is 0 Å². The van der Waals surface area contributed by atoms with E-state index in [1.54, 1.807) is 30.3 Å². The molecular weight excluding hydrogens is 508 g/mol. The highest BCUT2D eigenvalue weighted by molar-refractivity contribution is 5.92. The zero-order valence-electron chi connectivity index (χ0n) is 24.7. The van der Waals surface area contributed by atoms with Crippen molar-refractivity contribution in [2.24, 2.45) is 0 Å². The lowest BCUT2D eigenvalue weighted by atomic mass is 10.0. The number of likely N-dealkylation sites (N-methyl/N-ethyl adjacent to an activating group) is 1. The van der Waals surface area contributed by atoms with Crippen LogP contribution in [0.2, 0.25) is 0 Å². The van der Waals surface area contributed by atoms with Crippen LogP contribution < -0.4 is 5.32 Å². The van der Waals surface area contributed by atoms with Crippen molar-refractivity contribution in [3.63, 3.8) is 0 Å². The van der Waals surface area contributed by atoms with E-state index in [1.165, 1.54) is 77.7 Å². The first-order valence-corrected chi connectivity index (χ1v) is 15.3. The van der Waals surface area contributed by atoms with Gasteiger partial charge < -0.3 is 20.4 Å². The van der Waals surface area contributed by atoms with Crippen LogP contribution in [0.1, 0.15) is 122 Å². The monoisotopic (exact) mass is 560 g/mol. The van der Waals surface area contributed by atoms with Crippen molar-refractivity contribution in [1.29, 1.82) is 0 Å². The summed E-state index contributed by atoms with van der Waals surface area (Å²) in [6.45, 7) is 2.25. The average molecular weight is 561 g/mol. The molecule has 226 valence electrons. The maximum atomic E-state index is 12.9. The molecule has 3 N–H and O–H groups in total. The largest absolute Gasteiger partial charge is 0.481 e. The van der Waals surface area contributed by atoms with Crippen molar-refractivity contribution < 1.29 is 29.4 Å². The van der Waals surface area contributed by atoms with Gasteiger partial charge in [-0.15, -0.1) is 0 Å². The normalized spacial score (nSPS) is 12.4. The van der Waals surface area contributed by atoms with Crippen LogP contribution in [-0.4, -0.2) is 58.0 Å². The fourth-order valence-electron chi connectivity index (χ4n) is 4.89. The second-order valence-corrected chi connectivity index (χ2v) is 10.9. The molecule has 0 unspecified atom stereocenters. The van der Waals surface area contributed by atoms with Crippen LogP contribution in [0.3, 0.4) is 0 Å². The molecule has 0 aromatic heterocycles. The standard InChI is InChI=1S/C32H52N2O6/c1-3-4-5-6-7-8-9-10-11-12-13-14-15-16-20-23-29(35)34(2)28(25-30(36)37)31(38)33-27(32(39)40)24-26-21-18-17-19-22-26/h17-19,21-22,27-28H,3-16,20,23-25H2,1-2H3,(H,33,38)(H,36,37)(H,39,40)/t27-,28-/m0/s1. The third-order valence-corrected chi connectivity index (χ3v) is 7.42. The summed E-state index contributed by atoms with van der Waals surface area (Å²) in [6.07, 6.45) is 18.0. The number of nitrogens with zero attached hydrogens (tertiary/aromatic N) is 1. The Morgan fingerprint density at radius 1 is 0.750 bits per heavy atom. The molecule has 0 fully saturated rings. The third-order valence-electron chi connectivity index (χ3n) is 7.42. The number of rotatable bonds is 24. The fourth-order valence-corrected chi connectivity index (χ4v) is 4.89. The van der Waals surface area contributed by atoms with E-state index in [0.29, 0.717) is 6.42 Å². The zero-order valence-corrected chi connectivity index (χ0v) is 24.7. The zero-order chi connectivity index (χ0) is 29.6. The molecule has 2 atom stereocenters. The van der Waals surface area contributed by atoms with Crippen LogP contribution in [0.4, 0.5) is 0 Å². The number of carboxylic acids is 2. The number of hydrogen-bond donors (Lipinski definition) is 3. The van der Waals surface area contributed by atoms with E-state index in [2.05, 4.69) is 12.2 Å². The Morgan fingerprint density at radius 2 is 1.23 bits per heavy atom. The molecule has 0 saturated carbocycles. The Balaban J connectivity index is 2.33. The van der Waals surface area contributed by atoms with Gasteiger partial charge in [-0.3, -0.25) is 14.4 Å². The van der Waals surface area contributed by atoms with Crippen molar-refractivity contribution in [3.05, 3.63) is 35.9 Å². The van der Waals surface area contributed by atoms with Crippen molar-refractivity contribution in [1.82, 2.24) is 10.2 Å². The summed E-state index contributed by atoms with van der Waals surface area (Å²) in [5.74, 6) is -3.55. The van der Waals surface area contributed by atoms with Gasteiger partial charge in [-0.1, -0.05) is 127 Å². The Bertz CT molecular complexity index is 860. The van der Waals surface area contributed by atoms with Crippen LogP contribution >= 0.6 is 0 Å². The summed E-state index contributed by atoms with van der Waals surface area (Å²) in [6, 6.07) is 6.35. The Kier molecular flexibility index (Phi) is 19.2. The molecule has 0 bridgehead atoms. The van der Waals surface area contributed by atoms with Crippen LogP contribution in [0.5, 0.6) is 0 Å². The van der Waals surface area contributed by atoms with E-state index in [-0.39, 0.29) is 18.7 Å². The fraction of sp³-hybridized carbons (Fsp3) is 0.688. The number of benzene rings is 1. The van der Waals surface area contributed by atoms with Crippen molar-refractivity contribution in [2.45, 2.75) is 135 Å². The predicted molar refractivity (Wildman–Crippen MR) is 158 cm³/mol. The van der Waals surface area contributed by atoms with Crippen LogP contribution in [0, 0.1) is 0 Å². The first-order chi connectivity index (χ1) is 19.3. The van der Waals surface area contributed by atoms with E-state index in [0.717, 1.165) is 29.7 Å². The summed E-state index contributed by atoms with van der Waals surface area (Å²) in [7, 11) is 1.41. The smallest absolute Gasteiger partial charge is 0.326 e. The number of carbonyl (C=O) groups is 4. The summed E-state index contributed by atoms with van der Waals surface area (Å²) in [4.78, 5) is 50.0. The maximum absolute atomic E-state index is 12.9. The molecule has 0 spiro atoms. The quantitative estimate of drug-likeness (QED) is 0.126. The van der Waals surface area contributed by atoms with Gasteiger partial charge in [-0.05, 0) is 12.0 Å². The molecule has 0 heterocycles. The van der Waals surface area contributed by atoms with Gasteiger partial charge in [0.2, 0.25) is 11.8 Å². The van der Waals surface area contributed by atoms with Crippen molar-refractivity contribution in [3.8, 4) is 0 Å². The van der Waals surface area contributed by atoms with Gasteiger partial charge in [-0.2, -0.15) is 0 Å².